The van der Waals surface area contributed by atoms with E-state index in [2.05, 4.69) is 18.7 Å². The quantitative estimate of drug-likeness (QED) is 0.766. The molecule has 1 aromatic rings. The second kappa shape index (κ2) is 5.31. The predicted molar refractivity (Wildman–Crippen MR) is 75.2 cm³/mol. The van der Waals surface area contributed by atoms with Gasteiger partial charge in [-0.05, 0) is 24.6 Å². The molecule has 0 amide bonds. The molecule has 0 bridgehead atoms. The van der Waals surface area contributed by atoms with Crippen molar-refractivity contribution in [3.63, 3.8) is 0 Å². The Morgan fingerprint density at radius 2 is 2.17 bits per heavy atom. The molecule has 0 unspecified atom stereocenters. The first kappa shape index (κ1) is 13.4. The van der Waals surface area contributed by atoms with E-state index in [9.17, 15) is 9.18 Å². The lowest BCUT2D eigenvalue weighted by atomic mass is 10.1. The summed E-state index contributed by atoms with van der Waals surface area (Å²) < 4.78 is 14.2. The van der Waals surface area contributed by atoms with Crippen molar-refractivity contribution in [1.82, 2.24) is 0 Å². The molecule has 0 saturated carbocycles. The van der Waals surface area contributed by atoms with Gasteiger partial charge in [0, 0.05) is 29.2 Å². The van der Waals surface area contributed by atoms with Gasteiger partial charge in [-0.2, -0.15) is 11.8 Å². The molecule has 0 radical (unpaired) electrons. The van der Waals surface area contributed by atoms with Crippen molar-refractivity contribution < 1.29 is 9.18 Å². The summed E-state index contributed by atoms with van der Waals surface area (Å²) in [4.78, 5) is 12.7. The van der Waals surface area contributed by atoms with E-state index in [0.717, 1.165) is 25.3 Å². The third-order valence-electron chi connectivity index (χ3n) is 3.29. The van der Waals surface area contributed by atoms with Crippen LogP contribution in [0.2, 0.25) is 0 Å². The number of carbonyl (C=O) groups is 1. The fraction of sp³-hybridized carbons (Fsp3) is 0.500. The van der Waals surface area contributed by atoms with Crippen LogP contribution in [-0.2, 0) is 0 Å². The average molecular weight is 267 g/mol. The Balaban J connectivity index is 2.18. The lowest BCUT2D eigenvalue weighted by Gasteiger charge is -2.24. The second-order valence-corrected chi connectivity index (χ2v) is 6.98. The van der Waals surface area contributed by atoms with Crippen molar-refractivity contribution in [1.29, 1.82) is 0 Å². The minimum absolute atomic E-state index is 0.258. The minimum atomic E-state index is -0.302. The van der Waals surface area contributed by atoms with Crippen LogP contribution in [0.1, 0.15) is 30.6 Å². The normalized spacial score (nSPS) is 19.4. The molecule has 0 N–H and O–H groups in total. The van der Waals surface area contributed by atoms with Gasteiger partial charge in [0.25, 0.3) is 0 Å². The van der Waals surface area contributed by atoms with Crippen molar-refractivity contribution in [2.24, 2.45) is 0 Å². The number of benzene rings is 1. The molecule has 98 valence electrons. The van der Waals surface area contributed by atoms with Gasteiger partial charge >= 0.3 is 0 Å². The van der Waals surface area contributed by atoms with Crippen LogP contribution in [0, 0.1) is 5.82 Å². The van der Waals surface area contributed by atoms with Crippen molar-refractivity contribution in [3.8, 4) is 0 Å². The van der Waals surface area contributed by atoms with Gasteiger partial charge in [0.2, 0.25) is 0 Å². The standard InChI is InChI=1S/C14H18FNOS/c1-14(2)5-6-16(7-8-18-14)13-4-3-11(10-17)9-12(13)15/h3-4,9-10H,5-8H2,1-2H3. The first-order chi connectivity index (χ1) is 8.52. The zero-order valence-electron chi connectivity index (χ0n) is 10.8. The number of nitrogens with zero attached hydrogens (tertiary/aromatic N) is 1. The number of aldehydes is 1. The molecule has 0 spiro atoms. The Hall–Kier alpha value is -1.03. The van der Waals surface area contributed by atoms with Gasteiger partial charge in [-0.1, -0.05) is 13.8 Å². The fourth-order valence-electron chi connectivity index (χ4n) is 2.11. The van der Waals surface area contributed by atoms with Gasteiger partial charge in [-0.3, -0.25) is 4.79 Å². The molecule has 2 nitrogen and oxygen atoms in total. The van der Waals surface area contributed by atoms with Crippen LogP contribution in [0.4, 0.5) is 10.1 Å². The highest BCUT2D eigenvalue weighted by Gasteiger charge is 2.24. The topological polar surface area (TPSA) is 20.3 Å². The fourth-order valence-corrected chi connectivity index (χ4v) is 3.21. The van der Waals surface area contributed by atoms with Crippen molar-refractivity contribution in [2.75, 3.05) is 23.7 Å². The van der Waals surface area contributed by atoms with E-state index in [1.54, 1.807) is 12.1 Å². The Kier molecular flexibility index (Phi) is 3.95. The molecule has 0 atom stereocenters. The zero-order valence-corrected chi connectivity index (χ0v) is 11.6. The predicted octanol–water partition coefficient (Wildman–Crippen LogP) is 3.36. The number of carbonyl (C=O) groups excluding carboxylic acids is 1. The summed E-state index contributed by atoms with van der Waals surface area (Å²) in [7, 11) is 0. The molecule has 2 rings (SSSR count). The number of hydrogen-bond donors (Lipinski definition) is 0. The summed E-state index contributed by atoms with van der Waals surface area (Å²) in [5.41, 5.74) is 1.000. The SMILES string of the molecule is CC1(C)CCN(c2ccc(C=O)cc2F)CCS1. The third-order valence-corrected chi connectivity index (χ3v) is 4.66. The highest BCUT2D eigenvalue weighted by Crippen LogP contribution is 2.33. The summed E-state index contributed by atoms with van der Waals surface area (Å²) in [6.45, 7) is 6.17. The van der Waals surface area contributed by atoms with E-state index in [1.165, 1.54) is 6.07 Å². The molecule has 1 aromatic carbocycles. The van der Waals surface area contributed by atoms with Crippen LogP contribution in [0.25, 0.3) is 0 Å². The van der Waals surface area contributed by atoms with E-state index < -0.39 is 0 Å². The molecule has 1 saturated heterocycles. The monoisotopic (exact) mass is 267 g/mol. The van der Waals surface area contributed by atoms with Gasteiger partial charge in [0.15, 0.2) is 0 Å². The zero-order chi connectivity index (χ0) is 13.2. The van der Waals surface area contributed by atoms with E-state index in [-0.39, 0.29) is 10.6 Å². The number of halogens is 1. The van der Waals surface area contributed by atoms with Crippen LogP contribution in [0.5, 0.6) is 0 Å². The summed E-state index contributed by atoms with van der Waals surface area (Å²) in [6.07, 6.45) is 1.71. The summed E-state index contributed by atoms with van der Waals surface area (Å²) in [6, 6.07) is 4.70. The lowest BCUT2D eigenvalue weighted by Crippen LogP contribution is -2.27. The van der Waals surface area contributed by atoms with Gasteiger partial charge in [-0.25, -0.2) is 4.39 Å². The summed E-state index contributed by atoms with van der Waals surface area (Å²) in [5, 5.41) is 0. The van der Waals surface area contributed by atoms with Crippen LogP contribution >= 0.6 is 11.8 Å². The smallest absolute Gasteiger partial charge is 0.150 e. The van der Waals surface area contributed by atoms with Crippen molar-refractivity contribution in [2.45, 2.75) is 25.0 Å². The average Bonchev–Trinajstić information content (AvgIpc) is 2.50. The van der Waals surface area contributed by atoms with E-state index >= 15 is 0 Å². The molecule has 4 heteroatoms. The van der Waals surface area contributed by atoms with E-state index in [1.807, 2.05) is 11.8 Å². The molecule has 1 aliphatic heterocycles. The highest BCUT2D eigenvalue weighted by atomic mass is 32.2. The summed E-state index contributed by atoms with van der Waals surface area (Å²) >= 11 is 1.93. The van der Waals surface area contributed by atoms with Crippen LogP contribution in [-0.4, -0.2) is 29.9 Å². The minimum Gasteiger partial charge on any atom is -0.368 e. The Bertz CT molecular complexity index is 447. The summed E-state index contributed by atoms with van der Waals surface area (Å²) in [5.74, 6) is 0.700. The molecular weight excluding hydrogens is 249 g/mol. The first-order valence-electron chi connectivity index (χ1n) is 6.15. The maximum atomic E-state index is 13.9. The number of thioether (sulfide) groups is 1. The van der Waals surface area contributed by atoms with Crippen LogP contribution in [0.3, 0.4) is 0 Å². The maximum absolute atomic E-state index is 13.9. The first-order valence-corrected chi connectivity index (χ1v) is 7.14. The molecule has 1 fully saturated rings. The lowest BCUT2D eigenvalue weighted by molar-refractivity contribution is 0.112. The van der Waals surface area contributed by atoms with Crippen molar-refractivity contribution in [3.05, 3.63) is 29.6 Å². The Morgan fingerprint density at radius 3 is 2.83 bits per heavy atom. The van der Waals surface area contributed by atoms with Gasteiger partial charge in [0.1, 0.15) is 12.1 Å². The van der Waals surface area contributed by atoms with Gasteiger partial charge in [-0.15, -0.1) is 0 Å². The highest BCUT2D eigenvalue weighted by molar-refractivity contribution is 8.00. The molecular formula is C14H18FNOS. The van der Waals surface area contributed by atoms with E-state index in [0.29, 0.717) is 17.5 Å². The largest absolute Gasteiger partial charge is 0.368 e. The number of hydrogen-bond acceptors (Lipinski definition) is 3. The molecule has 1 aliphatic rings. The Morgan fingerprint density at radius 1 is 1.39 bits per heavy atom. The van der Waals surface area contributed by atoms with Gasteiger partial charge < -0.3 is 4.90 Å². The third kappa shape index (κ3) is 3.05. The van der Waals surface area contributed by atoms with Gasteiger partial charge in [0.05, 0.1) is 5.69 Å². The Labute approximate surface area is 112 Å². The van der Waals surface area contributed by atoms with E-state index in [4.69, 9.17) is 0 Å². The second-order valence-electron chi connectivity index (χ2n) is 5.17. The number of rotatable bonds is 2. The molecule has 0 aromatic heterocycles. The van der Waals surface area contributed by atoms with Crippen LogP contribution < -0.4 is 4.90 Å². The molecule has 18 heavy (non-hydrogen) atoms. The molecule has 1 heterocycles. The molecule has 0 aliphatic carbocycles. The maximum Gasteiger partial charge on any atom is 0.150 e. The number of anilines is 1. The van der Waals surface area contributed by atoms with Crippen molar-refractivity contribution >= 4 is 23.7 Å². The van der Waals surface area contributed by atoms with Crippen LogP contribution in [0.15, 0.2) is 18.2 Å².